The molecule has 0 unspecified atom stereocenters. The molecule has 5 nitrogen and oxygen atoms in total. The highest BCUT2D eigenvalue weighted by atomic mass is 35.5. The summed E-state index contributed by atoms with van der Waals surface area (Å²) in [5.74, 6) is 0. The quantitative estimate of drug-likeness (QED) is 0.878. The van der Waals surface area contributed by atoms with E-state index in [2.05, 4.69) is 4.98 Å². The van der Waals surface area contributed by atoms with Crippen LogP contribution >= 0.6 is 12.4 Å². The minimum Gasteiger partial charge on any atom is -0.326 e. The van der Waals surface area contributed by atoms with E-state index in [1.54, 1.807) is 0 Å². The molecule has 3 N–H and O–H groups in total. The Kier molecular flexibility index (Phi) is 4.97. The number of nitrogens with two attached hydrogens (primary N) is 1. The lowest BCUT2D eigenvalue weighted by atomic mass is 10.2. The van der Waals surface area contributed by atoms with Crippen molar-refractivity contribution in [1.29, 1.82) is 0 Å². The number of nitrogens with one attached hydrogen (secondary N) is 1. The molecule has 2 aromatic rings. The number of rotatable bonds is 2. The predicted molar refractivity (Wildman–Crippen MR) is 72.8 cm³/mol. The van der Waals surface area contributed by atoms with Gasteiger partial charge < -0.3 is 5.73 Å². The third kappa shape index (κ3) is 3.53. The van der Waals surface area contributed by atoms with Crippen LogP contribution in [0.15, 0.2) is 40.1 Å². The number of halogens is 4. The predicted octanol–water partition coefficient (Wildman–Crippen LogP) is 1.43. The molecular weight excluding hydrogens is 311 g/mol. The fourth-order valence-electron chi connectivity index (χ4n) is 1.66. The van der Waals surface area contributed by atoms with E-state index in [4.69, 9.17) is 5.73 Å². The normalized spacial score (nSPS) is 11.0. The zero-order valence-corrected chi connectivity index (χ0v) is 11.3. The molecule has 0 saturated carbocycles. The molecular formula is C12H11ClF3N3O2. The fraction of sp³-hybridized carbons (Fsp3) is 0.167. The molecule has 1 aromatic carbocycles. The molecule has 1 aromatic heterocycles. The zero-order valence-electron chi connectivity index (χ0n) is 10.5. The van der Waals surface area contributed by atoms with Crippen molar-refractivity contribution >= 4 is 12.4 Å². The lowest BCUT2D eigenvalue weighted by molar-refractivity contribution is -0.137. The van der Waals surface area contributed by atoms with E-state index in [0.717, 1.165) is 28.8 Å². The van der Waals surface area contributed by atoms with Crippen LogP contribution in [0.2, 0.25) is 0 Å². The number of benzene rings is 1. The van der Waals surface area contributed by atoms with Gasteiger partial charge in [-0.15, -0.1) is 12.4 Å². The van der Waals surface area contributed by atoms with Crippen molar-refractivity contribution < 1.29 is 13.2 Å². The summed E-state index contributed by atoms with van der Waals surface area (Å²) in [6, 6.07) is 4.00. The molecule has 0 spiro atoms. The van der Waals surface area contributed by atoms with Crippen LogP contribution in [-0.2, 0) is 12.7 Å². The number of aromatic nitrogens is 2. The average molecular weight is 322 g/mol. The third-order valence-electron chi connectivity index (χ3n) is 2.71. The second-order valence-corrected chi connectivity index (χ2v) is 4.03. The van der Waals surface area contributed by atoms with Crippen LogP contribution < -0.4 is 17.0 Å². The smallest absolute Gasteiger partial charge is 0.326 e. The minimum absolute atomic E-state index is 0. The molecule has 0 fully saturated rings. The minimum atomic E-state index is -4.45. The van der Waals surface area contributed by atoms with Gasteiger partial charge in [0.2, 0.25) is 0 Å². The summed E-state index contributed by atoms with van der Waals surface area (Å²) in [6.07, 6.45) is -3.24. The van der Waals surface area contributed by atoms with Crippen molar-refractivity contribution in [3.63, 3.8) is 0 Å². The van der Waals surface area contributed by atoms with Crippen molar-refractivity contribution in [3.05, 3.63) is 62.4 Å². The lowest BCUT2D eigenvalue weighted by Gasteiger charge is -2.09. The molecule has 9 heteroatoms. The van der Waals surface area contributed by atoms with E-state index in [-0.39, 0.29) is 30.2 Å². The number of hydrogen-bond donors (Lipinski definition) is 2. The van der Waals surface area contributed by atoms with Gasteiger partial charge in [0, 0.05) is 18.3 Å². The molecule has 0 amide bonds. The number of H-pyrrole nitrogens is 1. The summed E-state index contributed by atoms with van der Waals surface area (Å²) in [6.45, 7) is -0.0871. The summed E-state index contributed by atoms with van der Waals surface area (Å²) in [4.78, 5) is 25.0. The van der Waals surface area contributed by atoms with Gasteiger partial charge in [-0.3, -0.25) is 14.3 Å². The number of hydrogen-bond acceptors (Lipinski definition) is 3. The van der Waals surface area contributed by atoms with E-state index in [9.17, 15) is 22.8 Å². The summed E-state index contributed by atoms with van der Waals surface area (Å²) in [7, 11) is 0. The summed E-state index contributed by atoms with van der Waals surface area (Å²) in [5.41, 5.74) is 3.53. The van der Waals surface area contributed by atoms with Gasteiger partial charge in [-0.2, -0.15) is 13.2 Å². The number of nitrogens with zero attached hydrogens (tertiary/aromatic N) is 1. The Labute approximate surface area is 122 Å². The van der Waals surface area contributed by atoms with E-state index < -0.39 is 23.0 Å². The van der Waals surface area contributed by atoms with Crippen LogP contribution in [-0.4, -0.2) is 9.55 Å². The molecule has 0 saturated heterocycles. The Hall–Kier alpha value is -2.06. The van der Waals surface area contributed by atoms with Crippen molar-refractivity contribution in [2.45, 2.75) is 12.7 Å². The van der Waals surface area contributed by atoms with Gasteiger partial charge in [-0.25, -0.2) is 4.79 Å². The van der Waals surface area contributed by atoms with Crippen molar-refractivity contribution in [2.75, 3.05) is 0 Å². The maximum atomic E-state index is 12.4. The first-order chi connectivity index (χ1) is 9.32. The molecule has 0 aliphatic heterocycles. The van der Waals surface area contributed by atoms with Gasteiger partial charge in [0.05, 0.1) is 11.3 Å². The molecule has 2 rings (SSSR count). The van der Waals surface area contributed by atoms with E-state index in [1.165, 1.54) is 6.20 Å². The molecule has 0 aliphatic rings. The van der Waals surface area contributed by atoms with Gasteiger partial charge >= 0.3 is 11.9 Å². The van der Waals surface area contributed by atoms with Gasteiger partial charge in [0.15, 0.2) is 0 Å². The number of aromatic amines is 1. The molecule has 0 atom stereocenters. The summed E-state index contributed by atoms with van der Waals surface area (Å²) >= 11 is 0. The molecule has 21 heavy (non-hydrogen) atoms. The van der Waals surface area contributed by atoms with Crippen LogP contribution in [0.4, 0.5) is 13.2 Å². The molecule has 1 heterocycles. The van der Waals surface area contributed by atoms with Crippen LogP contribution in [0.5, 0.6) is 0 Å². The van der Waals surface area contributed by atoms with Crippen LogP contribution in [0.1, 0.15) is 11.1 Å². The van der Waals surface area contributed by atoms with E-state index in [0.29, 0.717) is 0 Å². The lowest BCUT2D eigenvalue weighted by Crippen LogP contribution is -2.31. The van der Waals surface area contributed by atoms with Crippen molar-refractivity contribution in [2.24, 2.45) is 5.73 Å². The molecule has 114 valence electrons. The molecule has 0 bridgehead atoms. The van der Waals surface area contributed by atoms with Gasteiger partial charge in [0.1, 0.15) is 0 Å². The summed E-state index contributed by atoms with van der Waals surface area (Å²) in [5, 5.41) is 0. The maximum absolute atomic E-state index is 12.4. The molecule has 0 aliphatic carbocycles. The Balaban J connectivity index is 0.00000220. The van der Waals surface area contributed by atoms with Gasteiger partial charge in [-0.1, -0.05) is 0 Å². The van der Waals surface area contributed by atoms with Gasteiger partial charge in [-0.05, 0) is 24.3 Å². The summed E-state index contributed by atoms with van der Waals surface area (Å²) < 4.78 is 38.4. The Bertz CT molecular complexity index is 735. The van der Waals surface area contributed by atoms with Crippen LogP contribution in [0.25, 0.3) is 5.69 Å². The zero-order chi connectivity index (χ0) is 14.9. The monoisotopic (exact) mass is 321 g/mol. The fourth-order valence-corrected chi connectivity index (χ4v) is 1.66. The van der Waals surface area contributed by atoms with Crippen molar-refractivity contribution in [1.82, 2.24) is 9.55 Å². The topological polar surface area (TPSA) is 80.9 Å². The second-order valence-electron chi connectivity index (χ2n) is 4.03. The number of alkyl halides is 3. The van der Waals surface area contributed by atoms with Gasteiger partial charge in [0.25, 0.3) is 5.56 Å². The first-order valence-electron chi connectivity index (χ1n) is 5.55. The standard InChI is InChI=1S/C12H10F3N3O2.ClH/c13-12(14,15)8-1-3-9(4-2-8)18-6-7(5-16)10(19)17-11(18)20;/h1-4,6H,5,16H2,(H,17,19,20);1H. The van der Waals surface area contributed by atoms with E-state index in [1.807, 2.05) is 0 Å². The largest absolute Gasteiger partial charge is 0.416 e. The highest BCUT2D eigenvalue weighted by Crippen LogP contribution is 2.29. The first-order valence-corrected chi connectivity index (χ1v) is 5.55. The van der Waals surface area contributed by atoms with Crippen molar-refractivity contribution in [3.8, 4) is 5.69 Å². The SMILES string of the molecule is Cl.NCc1cn(-c2ccc(C(F)(F)F)cc2)c(=O)[nH]c1=O. The van der Waals surface area contributed by atoms with Crippen LogP contribution in [0, 0.1) is 0 Å². The first kappa shape index (κ1) is 17.0. The highest BCUT2D eigenvalue weighted by molar-refractivity contribution is 5.85. The highest BCUT2D eigenvalue weighted by Gasteiger charge is 2.30. The Morgan fingerprint density at radius 1 is 1.14 bits per heavy atom. The second kappa shape index (κ2) is 6.15. The Morgan fingerprint density at radius 2 is 1.71 bits per heavy atom. The van der Waals surface area contributed by atoms with E-state index >= 15 is 0 Å². The maximum Gasteiger partial charge on any atom is 0.416 e. The third-order valence-corrected chi connectivity index (χ3v) is 2.71. The van der Waals surface area contributed by atoms with Crippen LogP contribution in [0.3, 0.4) is 0 Å². The average Bonchev–Trinajstić information content (AvgIpc) is 2.38. The molecule has 0 radical (unpaired) electrons. The Morgan fingerprint density at radius 3 is 2.19 bits per heavy atom.